The molecular weight excluding hydrogens is 300 g/mol. The fraction of sp³-hybridized carbons (Fsp3) is 0.308. The maximum atomic E-state index is 12.3. The molecule has 2 rings (SSSR count). The number of fused-ring (bicyclic) bond motifs is 1. The van der Waals surface area contributed by atoms with Gasteiger partial charge in [-0.15, -0.1) is 0 Å². The van der Waals surface area contributed by atoms with Gasteiger partial charge in [0.25, 0.3) is 0 Å². The lowest BCUT2D eigenvalue weighted by atomic mass is 10.2. The van der Waals surface area contributed by atoms with Crippen molar-refractivity contribution in [3.05, 3.63) is 35.5 Å². The fourth-order valence-electron chi connectivity index (χ4n) is 1.89. The third-order valence-corrected chi connectivity index (χ3v) is 4.89. The van der Waals surface area contributed by atoms with Crippen molar-refractivity contribution >= 4 is 32.5 Å². The van der Waals surface area contributed by atoms with Crippen molar-refractivity contribution in [2.75, 3.05) is 13.6 Å². The zero-order valence-corrected chi connectivity index (χ0v) is 12.7. The normalized spacial score (nSPS) is 13.8. The Morgan fingerprint density at radius 3 is 2.70 bits per heavy atom. The fourth-order valence-corrected chi connectivity index (χ4v) is 3.33. The number of rotatable bonds is 4. The van der Waals surface area contributed by atoms with Gasteiger partial charge in [-0.2, -0.15) is 4.31 Å². The summed E-state index contributed by atoms with van der Waals surface area (Å²) in [5.41, 5.74) is 0.634. The van der Waals surface area contributed by atoms with E-state index in [-0.39, 0.29) is 11.4 Å². The summed E-state index contributed by atoms with van der Waals surface area (Å²) in [5, 5.41) is 10.4. The van der Waals surface area contributed by atoms with Gasteiger partial charge < -0.3 is 5.11 Å². The van der Waals surface area contributed by atoms with E-state index < -0.39 is 16.1 Å². The Balaban J connectivity index is 2.44. The Morgan fingerprint density at radius 2 is 2.05 bits per heavy atom. The summed E-state index contributed by atoms with van der Waals surface area (Å²) in [7, 11) is -2.19. The van der Waals surface area contributed by atoms with Gasteiger partial charge in [0.1, 0.15) is 5.15 Å². The number of halogens is 1. The number of likely N-dealkylation sites (N-methyl/N-ethyl adjacent to an activating group) is 1. The van der Waals surface area contributed by atoms with Gasteiger partial charge in [0, 0.05) is 19.0 Å². The number of aliphatic hydroxyl groups excluding tert-OH is 1. The summed E-state index contributed by atoms with van der Waals surface area (Å²) in [6.45, 7) is 1.58. The van der Waals surface area contributed by atoms with Crippen LogP contribution >= 0.6 is 11.6 Å². The third-order valence-electron chi connectivity index (χ3n) is 2.86. The molecule has 2 aromatic rings. The van der Waals surface area contributed by atoms with Crippen molar-refractivity contribution in [1.29, 1.82) is 0 Å². The second-order valence-electron chi connectivity index (χ2n) is 4.62. The highest BCUT2D eigenvalue weighted by atomic mass is 35.5. The van der Waals surface area contributed by atoms with Crippen LogP contribution in [-0.2, 0) is 10.0 Å². The number of nitrogens with zero attached hydrogens (tertiary/aromatic N) is 2. The minimum Gasteiger partial charge on any atom is -0.392 e. The molecule has 0 fully saturated rings. The van der Waals surface area contributed by atoms with Gasteiger partial charge in [-0.1, -0.05) is 11.6 Å². The lowest BCUT2D eigenvalue weighted by molar-refractivity contribution is 0.171. The molecule has 0 radical (unpaired) electrons. The average molecular weight is 315 g/mol. The molecule has 0 bridgehead atoms. The number of aliphatic hydroxyl groups is 1. The quantitative estimate of drug-likeness (QED) is 0.875. The summed E-state index contributed by atoms with van der Waals surface area (Å²) in [6.07, 6.45) is -0.726. The molecule has 1 aromatic heterocycles. The van der Waals surface area contributed by atoms with Gasteiger partial charge in [0.2, 0.25) is 10.0 Å². The Morgan fingerprint density at radius 1 is 1.35 bits per heavy atom. The van der Waals surface area contributed by atoms with Crippen LogP contribution in [0.5, 0.6) is 0 Å². The molecule has 20 heavy (non-hydrogen) atoms. The molecule has 0 aliphatic carbocycles. The zero-order valence-electron chi connectivity index (χ0n) is 11.1. The van der Waals surface area contributed by atoms with Crippen molar-refractivity contribution in [2.24, 2.45) is 0 Å². The van der Waals surface area contributed by atoms with Gasteiger partial charge in [-0.05, 0) is 37.3 Å². The Bertz CT molecular complexity index is 731. The van der Waals surface area contributed by atoms with E-state index in [1.807, 2.05) is 0 Å². The SMILES string of the molecule is CC(O)CN(C)S(=O)(=O)c1ccc2nc(Cl)ccc2c1. The van der Waals surface area contributed by atoms with Crippen LogP contribution in [0, 0.1) is 0 Å². The number of hydrogen-bond acceptors (Lipinski definition) is 4. The van der Waals surface area contributed by atoms with E-state index in [2.05, 4.69) is 4.98 Å². The first-order chi connectivity index (χ1) is 9.30. The van der Waals surface area contributed by atoms with Crippen LogP contribution in [0.3, 0.4) is 0 Å². The molecule has 1 atom stereocenters. The Kier molecular flexibility index (Phi) is 4.29. The molecule has 0 amide bonds. The maximum absolute atomic E-state index is 12.3. The standard InChI is InChI=1S/C13H15ClN2O3S/c1-9(17)8-16(2)20(18,19)11-4-5-12-10(7-11)3-6-13(14)15-12/h3-7,9,17H,8H2,1-2H3. The summed E-state index contributed by atoms with van der Waals surface area (Å²) in [6, 6.07) is 7.98. The van der Waals surface area contributed by atoms with Crippen molar-refractivity contribution in [2.45, 2.75) is 17.9 Å². The van der Waals surface area contributed by atoms with E-state index in [4.69, 9.17) is 11.6 Å². The molecule has 0 spiro atoms. The van der Waals surface area contributed by atoms with Crippen LogP contribution in [0.1, 0.15) is 6.92 Å². The van der Waals surface area contributed by atoms with Crippen LogP contribution in [0.2, 0.25) is 5.15 Å². The minimum atomic E-state index is -3.62. The Labute approximate surface area is 122 Å². The third kappa shape index (κ3) is 3.09. The highest BCUT2D eigenvalue weighted by Gasteiger charge is 2.22. The van der Waals surface area contributed by atoms with Gasteiger partial charge in [0.15, 0.2) is 0 Å². The number of sulfonamides is 1. The van der Waals surface area contributed by atoms with E-state index in [9.17, 15) is 13.5 Å². The molecular formula is C13H15ClN2O3S. The molecule has 7 heteroatoms. The van der Waals surface area contributed by atoms with E-state index in [1.54, 1.807) is 31.2 Å². The summed E-state index contributed by atoms with van der Waals surface area (Å²) in [5.74, 6) is 0. The predicted molar refractivity (Wildman–Crippen MR) is 78.2 cm³/mol. The number of aromatic nitrogens is 1. The van der Waals surface area contributed by atoms with E-state index in [0.717, 1.165) is 4.31 Å². The van der Waals surface area contributed by atoms with Crippen molar-refractivity contribution in [1.82, 2.24) is 9.29 Å². The molecule has 1 N–H and O–H groups in total. The second kappa shape index (κ2) is 5.65. The van der Waals surface area contributed by atoms with Gasteiger partial charge in [-0.25, -0.2) is 13.4 Å². The monoisotopic (exact) mass is 314 g/mol. The van der Waals surface area contributed by atoms with Crippen LogP contribution in [-0.4, -0.2) is 42.5 Å². The van der Waals surface area contributed by atoms with Crippen LogP contribution in [0.15, 0.2) is 35.2 Å². The van der Waals surface area contributed by atoms with Gasteiger partial charge in [-0.3, -0.25) is 0 Å². The molecule has 0 saturated heterocycles. The van der Waals surface area contributed by atoms with Crippen molar-refractivity contribution in [3.8, 4) is 0 Å². The van der Waals surface area contributed by atoms with Crippen molar-refractivity contribution < 1.29 is 13.5 Å². The number of pyridine rings is 1. The lowest BCUT2D eigenvalue weighted by Gasteiger charge is -2.18. The molecule has 0 aliphatic rings. The summed E-state index contributed by atoms with van der Waals surface area (Å²) < 4.78 is 25.8. The van der Waals surface area contributed by atoms with E-state index in [1.165, 1.54) is 13.1 Å². The first-order valence-electron chi connectivity index (χ1n) is 6.01. The van der Waals surface area contributed by atoms with Gasteiger partial charge in [0.05, 0.1) is 16.5 Å². The topological polar surface area (TPSA) is 70.5 Å². The summed E-state index contributed by atoms with van der Waals surface area (Å²) in [4.78, 5) is 4.27. The maximum Gasteiger partial charge on any atom is 0.242 e. The van der Waals surface area contributed by atoms with E-state index >= 15 is 0 Å². The molecule has 1 aromatic carbocycles. The molecule has 1 unspecified atom stereocenters. The molecule has 0 saturated carbocycles. The summed E-state index contributed by atoms with van der Waals surface area (Å²) >= 11 is 5.79. The molecule has 5 nitrogen and oxygen atoms in total. The zero-order chi connectivity index (χ0) is 14.9. The molecule has 0 aliphatic heterocycles. The predicted octanol–water partition coefficient (Wildman–Crippen LogP) is 1.89. The minimum absolute atomic E-state index is 0.0409. The average Bonchev–Trinajstić information content (AvgIpc) is 2.37. The van der Waals surface area contributed by atoms with Crippen LogP contribution < -0.4 is 0 Å². The van der Waals surface area contributed by atoms with Crippen LogP contribution in [0.25, 0.3) is 10.9 Å². The number of benzene rings is 1. The first kappa shape index (κ1) is 15.2. The second-order valence-corrected chi connectivity index (χ2v) is 7.06. The van der Waals surface area contributed by atoms with Gasteiger partial charge >= 0.3 is 0 Å². The highest BCUT2D eigenvalue weighted by Crippen LogP contribution is 2.21. The van der Waals surface area contributed by atoms with Crippen LogP contribution in [0.4, 0.5) is 0 Å². The number of hydrogen-bond donors (Lipinski definition) is 1. The molecule has 108 valence electrons. The first-order valence-corrected chi connectivity index (χ1v) is 7.83. The Hall–Kier alpha value is -1.21. The highest BCUT2D eigenvalue weighted by molar-refractivity contribution is 7.89. The molecule has 1 heterocycles. The smallest absolute Gasteiger partial charge is 0.242 e. The lowest BCUT2D eigenvalue weighted by Crippen LogP contribution is -2.33. The largest absolute Gasteiger partial charge is 0.392 e. The van der Waals surface area contributed by atoms with Crippen molar-refractivity contribution in [3.63, 3.8) is 0 Å². The van der Waals surface area contributed by atoms with E-state index in [0.29, 0.717) is 16.1 Å².